The predicted octanol–water partition coefficient (Wildman–Crippen LogP) is 3.85. The fourth-order valence-corrected chi connectivity index (χ4v) is 6.96. The maximum atomic E-state index is 13.4. The number of primary amides is 1. The number of anilines is 3. The van der Waals surface area contributed by atoms with Crippen LogP contribution in [0.15, 0.2) is 24.3 Å². The summed E-state index contributed by atoms with van der Waals surface area (Å²) in [6.45, 7) is 5.13. The average molecular weight is 538 g/mol. The normalized spacial score (nSPS) is 16.4. The van der Waals surface area contributed by atoms with E-state index < -0.39 is 0 Å². The van der Waals surface area contributed by atoms with Crippen molar-refractivity contribution >= 4 is 49.7 Å². The highest BCUT2D eigenvalue weighted by Crippen LogP contribution is 2.43. The van der Waals surface area contributed by atoms with E-state index in [1.165, 1.54) is 23.5 Å². The van der Waals surface area contributed by atoms with Gasteiger partial charge < -0.3 is 20.4 Å². The van der Waals surface area contributed by atoms with Gasteiger partial charge in [-0.25, -0.2) is 19.2 Å². The van der Waals surface area contributed by atoms with E-state index in [2.05, 4.69) is 11.0 Å². The Hall–Kier alpha value is -3.76. The molecule has 2 aliphatic heterocycles. The van der Waals surface area contributed by atoms with Crippen molar-refractivity contribution in [2.24, 2.45) is 11.1 Å². The number of hydrogen-bond donors (Lipinski definition) is 1. The second kappa shape index (κ2) is 8.67. The summed E-state index contributed by atoms with van der Waals surface area (Å²) < 4.78 is 15.3. The first kappa shape index (κ1) is 23.6. The maximum absolute atomic E-state index is 13.4. The monoisotopic (exact) mass is 537 g/mol. The Morgan fingerprint density at radius 1 is 1.24 bits per heavy atom. The van der Waals surface area contributed by atoms with Crippen LogP contribution in [0.2, 0.25) is 0 Å². The SMILES string of the molecule is CCc1nc2sc(N3CCC4(CN(C(N)=O)C4)C3)nn2c1N(C)c1nc(-c2ccc(F)cc2)c(C#N)s1. The Balaban J connectivity index is 1.31. The summed E-state index contributed by atoms with van der Waals surface area (Å²) in [5.74, 6) is 0.469. The number of thiazole rings is 1. The van der Waals surface area contributed by atoms with Crippen LogP contribution < -0.4 is 15.5 Å². The maximum Gasteiger partial charge on any atom is 0.314 e. The van der Waals surface area contributed by atoms with Gasteiger partial charge in [0.25, 0.3) is 0 Å². The summed E-state index contributed by atoms with van der Waals surface area (Å²) in [5, 5.41) is 16.2. The molecule has 0 atom stereocenters. The molecule has 2 saturated heterocycles. The van der Waals surface area contributed by atoms with Crippen LogP contribution in [0.3, 0.4) is 0 Å². The molecule has 37 heavy (non-hydrogen) atoms. The highest BCUT2D eigenvalue weighted by molar-refractivity contribution is 7.20. The molecule has 13 heteroatoms. The number of amides is 2. The largest absolute Gasteiger partial charge is 0.351 e. The third-order valence-electron chi connectivity index (χ3n) is 7.09. The number of urea groups is 1. The molecule has 3 aromatic heterocycles. The number of carbonyl (C=O) groups is 1. The molecule has 5 heterocycles. The van der Waals surface area contributed by atoms with E-state index >= 15 is 0 Å². The van der Waals surface area contributed by atoms with Crippen molar-refractivity contribution in [3.05, 3.63) is 40.7 Å². The molecular weight excluding hydrogens is 513 g/mol. The van der Waals surface area contributed by atoms with Crippen LogP contribution in [-0.2, 0) is 6.42 Å². The second-order valence-electron chi connectivity index (χ2n) is 9.53. The van der Waals surface area contributed by atoms with E-state index in [1.54, 1.807) is 28.4 Å². The predicted molar refractivity (Wildman–Crippen MR) is 141 cm³/mol. The summed E-state index contributed by atoms with van der Waals surface area (Å²) in [5.41, 5.74) is 7.61. The van der Waals surface area contributed by atoms with Crippen LogP contribution in [0.1, 0.15) is 23.9 Å². The van der Waals surface area contributed by atoms with Gasteiger partial charge in [-0.05, 0) is 37.1 Å². The van der Waals surface area contributed by atoms with Crippen LogP contribution in [0.5, 0.6) is 0 Å². The molecule has 4 aromatic rings. The molecule has 1 aromatic carbocycles. The number of imidazole rings is 1. The lowest BCUT2D eigenvalue weighted by atomic mass is 9.79. The fourth-order valence-electron chi connectivity index (χ4n) is 5.17. The number of nitrogens with two attached hydrogens (primary N) is 1. The molecule has 10 nitrogen and oxygen atoms in total. The molecular formula is C24H24FN9OS2. The lowest BCUT2D eigenvalue weighted by molar-refractivity contribution is 0.0535. The Morgan fingerprint density at radius 2 is 2.00 bits per heavy atom. The van der Waals surface area contributed by atoms with Crippen LogP contribution >= 0.6 is 22.7 Å². The molecule has 2 fully saturated rings. The number of aromatic nitrogens is 4. The summed E-state index contributed by atoms with van der Waals surface area (Å²) in [6, 6.07) is 7.85. The van der Waals surface area contributed by atoms with Gasteiger partial charge in [0, 0.05) is 44.2 Å². The number of fused-ring (bicyclic) bond motifs is 1. The molecule has 0 aliphatic carbocycles. The second-order valence-corrected chi connectivity index (χ2v) is 11.4. The van der Waals surface area contributed by atoms with Crippen molar-refractivity contribution in [2.45, 2.75) is 19.8 Å². The number of nitriles is 1. The zero-order valence-electron chi connectivity index (χ0n) is 20.3. The standard InChI is InChI=1S/C24H24FN9OS2/c1-3-16-19(31(2)21-29-18(17(10-26)36-21)14-4-6-15(25)7-5-14)34-22(28-16)37-23(30-34)32-9-8-24(11-32)12-33(13-24)20(27)35/h4-7H,3,8-9,11-13H2,1-2H3,(H2,27,35). The quantitative estimate of drug-likeness (QED) is 0.411. The van der Waals surface area contributed by atoms with Gasteiger partial charge in [0.15, 0.2) is 10.9 Å². The Labute approximate surface area is 220 Å². The molecule has 6 rings (SSSR count). The van der Waals surface area contributed by atoms with Crippen LogP contribution in [0.4, 0.5) is 25.3 Å². The molecule has 0 radical (unpaired) electrons. The van der Waals surface area contributed by atoms with Crippen LogP contribution in [0.25, 0.3) is 16.2 Å². The highest BCUT2D eigenvalue weighted by Gasteiger charge is 2.49. The van der Waals surface area contributed by atoms with Crippen LogP contribution in [0, 0.1) is 22.6 Å². The molecule has 2 N–H and O–H groups in total. The van der Waals surface area contributed by atoms with Gasteiger partial charge in [0.1, 0.15) is 22.5 Å². The number of rotatable bonds is 5. The first-order valence-corrected chi connectivity index (χ1v) is 13.5. The number of likely N-dealkylation sites (tertiary alicyclic amines) is 1. The van der Waals surface area contributed by atoms with E-state index in [4.69, 9.17) is 20.8 Å². The number of aryl methyl sites for hydroxylation is 1. The fraction of sp³-hybridized carbons (Fsp3) is 0.375. The van der Waals surface area contributed by atoms with E-state index in [0.717, 1.165) is 41.1 Å². The average Bonchev–Trinajstić information content (AvgIpc) is 3.63. The van der Waals surface area contributed by atoms with Crippen molar-refractivity contribution in [2.75, 3.05) is 43.0 Å². The number of nitrogens with zero attached hydrogens (tertiary/aromatic N) is 8. The van der Waals surface area contributed by atoms with Crippen molar-refractivity contribution in [1.29, 1.82) is 5.26 Å². The summed E-state index contributed by atoms with van der Waals surface area (Å²) in [6.07, 6.45) is 1.70. The van der Waals surface area contributed by atoms with Gasteiger partial charge in [-0.3, -0.25) is 0 Å². The minimum absolute atomic E-state index is 0.0856. The summed E-state index contributed by atoms with van der Waals surface area (Å²) in [7, 11) is 1.90. The van der Waals surface area contributed by atoms with Crippen molar-refractivity contribution in [3.8, 4) is 17.3 Å². The van der Waals surface area contributed by atoms with Crippen molar-refractivity contribution < 1.29 is 9.18 Å². The van der Waals surface area contributed by atoms with E-state index in [-0.39, 0.29) is 17.3 Å². The lowest BCUT2D eigenvalue weighted by Crippen LogP contribution is -2.60. The molecule has 190 valence electrons. The summed E-state index contributed by atoms with van der Waals surface area (Å²) >= 11 is 2.82. The molecule has 0 bridgehead atoms. The number of benzene rings is 1. The first-order chi connectivity index (χ1) is 17.8. The minimum Gasteiger partial charge on any atom is -0.351 e. The topological polar surface area (TPSA) is 120 Å². The summed E-state index contributed by atoms with van der Waals surface area (Å²) in [4.78, 5) is 28.1. The lowest BCUT2D eigenvalue weighted by Gasteiger charge is -2.46. The molecule has 0 unspecified atom stereocenters. The third kappa shape index (κ3) is 3.87. The van der Waals surface area contributed by atoms with Gasteiger partial charge in [-0.15, -0.1) is 5.10 Å². The Morgan fingerprint density at radius 3 is 2.68 bits per heavy atom. The van der Waals surface area contributed by atoms with E-state index in [0.29, 0.717) is 40.8 Å². The molecule has 2 aliphatic rings. The highest BCUT2D eigenvalue weighted by atomic mass is 32.1. The zero-order chi connectivity index (χ0) is 25.9. The molecule has 1 spiro atoms. The van der Waals surface area contributed by atoms with Gasteiger partial charge in [-0.2, -0.15) is 9.78 Å². The van der Waals surface area contributed by atoms with E-state index in [9.17, 15) is 14.4 Å². The Kier molecular flexibility index (Phi) is 5.54. The molecule has 0 saturated carbocycles. The zero-order valence-corrected chi connectivity index (χ0v) is 21.9. The van der Waals surface area contributed by atoms with Gasteiger partial charge in [-0.1, -0.05) is 29.6 Å². The first-order valence-electron chi connectivity index (χ1n) is 11.9. The number of carbonyl (C=O) groups excluding carboxylic acids is 1. The van der Waals surface area contributed by atoms with Crippen molar-refractivity contribution in [1.82, 2.24) is 24.5 Å². The van der Waals surface area contributed by atoms with Gasteiger partial charge in [0.2, 0.25) is 10.1 Å². The Bertz CT molecular complexity index is 1540. The van der Waals surface area contributed by atoms with Crippen molar-refractivity contribution in [3.63, 3.8) is 0 Å². The molecule has 2 amide bonds. The van der Waals surface area contributed by atoms with Gasteiger partial charge in [0.05, 0.1) is 5.69 Å². The van der Waals surface area contributed by atoms with Gasteiger partial charge >= 0.3 is 6.03 Å². The number of halogens is 1. The van der Waals surface area contributed by atoms with E-state index in [1.807, 2.05) is 23.4 Å². The minimum atomic E-state index is -0.360. The third-order valence-corrected chi connectivity index (χ3v) is 9.09. The van der Waals surface area contributed by atoms with Crippen LogP contribution in [-0.4, -0.2) is 63.7 Å². The number of hydrogen-bond acceptors (Lipinski definition) is 9. The smallest absolute Gasteiger partial charge is 0.314 e.